The van der Waals surface area contributed by atoms with Crippen molar-refractivity contribution in [1.82, 2.24) is 0 Å². The number of nitrogens with zero attached hydrogens (tertiary/aromatic N) is 1. The van der Waals surface area contributed by atoms with E-state index >= 15 is 0 Å². The second-order valence-corrected chi connectivity index (χ2v) is 16.2. The maximum Gasteiger partial charge on any atom is 0.350 e. The van der Waals surface area contributed by atoms with Crippen molar-refractivity contribution in [2.24, 2.45) is 11.8 Å². The van der Waals surface area contributed by atoms with Crippen molar-refractivity contribution in [3.8, 4) is 11.5 Å². The molecule has 0 aliphatic heterocycles. The van der Waals surface area contributed by atoms with Crippen LogP contribution in [0.15, 0.2) is 6.07 Å². The van der Waals surface area contributed by atoms with Gasteiger partial charge in [0.05, 0.1) is 23.8 Å². The van der Waals surface area contributed by atoms with E-state index in [0.717, 1.165) is 43.4 Å². The number of carbonyl (C=O) groups is 2. The van der Waals surface area contributed by atoms with Crippen molar-refractivity contribution in [1.29, 1.82) is 0 Å². The van der Waals surface area contributed by atoms with Crippen LogP contribution in [0.5, 0.6) is 0 Å². The number of esters is 1. The summed E-state index contributed by atoms with van der Waals surface area (Å²) in [6.07, 6.45) is 6.44. The lowest BCUT2D eigenvalue weighted by atomic mass is 9.81. The van der Waals surface area contributed by atoms with Gasteiger partial charge in [-0.25, -0.2) is 4.79 Å². The van der Waals surface area contributed by atoms with Crippen LogP contribution < -0.4 is 4.90 Å². The van der Waals surface area contributed by atoms with E-state index in [1.165, 1.54) is 18.4 Å². The maximum atomic E-state index is 13.9. The summed E-state index contributed by atoms with van der Waals surface area (Å²) in [5.74, 6) is 3.60. The summed E-state index contributed by atoms with van der Waals surface area (Å²) in [6, 6.07) is 1.90. The summed E-state index contributed by atoms with van der Waals surface area (Å²) in [5, 5.41) is 10.0. The van der Waals surface area contributed by atoms with Crippen LogP contribution in [0.4, 0.5) is 5.69 Å². The van der Waals surface area contributed by atoms with Gasteiger partial charge in [-0.1, -0.05) is 32.5 Å². The number of anilines is 1. The zero-order chi connectivity index (χ0) is 23.5. The molecule has 2 aliphatic rings. The number of carbonyl (C=O) groups excluding carboxylic acids is 2. The molecule has 1 amide bonds. The van der Waals surface area contributed by atoms with E-state index in [9.17, 15) is 14.7 Å². The van der Waals surface area contributed by atoms with E-state index in [2.05, 4.69) is 38.0 Å². The topological polar surface area (TPSA) is 66.8 Å². The molecule has 1 aromatic heterocycles. The second kappa shape index (κ2) is 10.5. The Morgan fingerprint density at radius 3 is 2.28 bits per heavy atom. The highest BCUT2D eigenvalue weighted by Gasteiger charge is 2.37. The van der Waals surface area contributed by atoms with E-state index in [-0.39, 0.29) is 24.0 Å². The van der Waals surface area contributed by atoms with Crippen LogP contribution in [-0.4, -0.2) is 44.3 Å². The zero-order valence-corrected chi connectivity index (χ0v) is 21.9. The number of methoxy groups -OCH3 is 1. The number of amides is 1. The van der Waals surface area contributed by atoms with E-state index in [4.69, 9.17) is 4.74 Å². The van der Waals surface area contributed by atoms with Gasteiger partial charge in [0.15, 0.2) is 0 Å². The molecule has 0 spiro atoms. The molecule has 7 heteroatoms. The van der Waals surface area contributed by atoms with E-state index in [0.29, 0.717) is 29.3 Å². The number of aliphatic hydroxyl groups excluding tert-OH is 1. The molecule has 0 saturated heterocycles. The Balaban J connectivity index is 2.02. The van der Waals surface area contributed by atoms with Gasteiger partial charge in [-0.2, -0.15) is 0 Å². The smallest absolute Gasteiger partial charge is 0.350 e. The average molecular weight is 476 g/mol. The Bertz CT molecular complexity index is 878. The summed E-state index contributed by atoms with van der Waals surface area (Å²) in [6.45, 7) is 8.80. The van der Waals surface area contributed by atoms with Crippen molar-refractivity contribution in [3.05, 3.63) is 15.8 Å². The third kappa shape index (κ3) is 6.24. The summed E-state index contributed by atoms with van der Waals surface area (Å²) >= 11 is 1.32. The molecule has 0 unspecified atom stereocenters. The van der Waals surface area contributed by atoms with Gasteiger partial charge in [0.2, 0.25) is 5.91 Å². The van der Waals surface area contributed by atoms with Gasteiger partial charge in [-0.05, 0) is 63.4 Å². The fourth-order valence-corrected chi connectivity index (χ4v) is 6.15. The Morgan fingerprint density at radius 2 is 1.72 bits per heavy atom. The zero-order valence-electron chi connectivity index (χ0n) is 20.1. The van der Waals surface area contributed by atoms with Crippen molar-refractivity contribution in [2.75, 3.05) is 12.0 Å². The van der Waals surface area contributed by atoms with Crippen LogP contribution >= 0.6 is 11.3 Å². The SMILES string of the molecule is COC(=O)c1sc(C#C[Si](C)(C)C)cc1N(C(=O)C1CCC(C)CC1)C1CCC(O)CC1. The highest BCUT2D eigenvalue weighted by molar-refractivity contribution is 7.15. The van der Waals surface area contributed by atoms with Crippen LogP contribution in [0.1, 0.15) is 72.8 Å². The van der Waals surface area contributed by atoms with Crippen molar-refractivity contribution in [2.45, 2.75) is 90.1 Å². The van der Waals surface area contributed by atoms with Crippen LogP contribution in [0.25, 0.3) is 0 Å². The van der Waals surface area contributed by atoms with Crippen molar-refractivity contribution in [3.63, 3.8) is 0 Å². The molecule has 0 aromatic carbocycles. The van der Waals surface area contributed by atoms with E-state index in [1.807, 2.05) is 11.0 Å². The van der Waals surface area contributed by atoms with E-state index < -0.39 is 14.0 Å². The standard InChI is InChI=1S/C25H37NO4SSi/c1-17-6-8-18(9-7-17)24(28)26(19-10-12-20(27)13-11-19)22-16-21(14-15-32(3,4)5)31-23(22)25(29)30-2/h16-20,27H,6-13H2,1-5H3. The largest absolute Gasteiger partial charge is 0.465 e. The first kappa shape index (κ1) is 25.0. The molecule has 3 rings (SSSR count). The number of ether oxygens (including phenoxy) is 1. The molecule has 1 N–H and O–H groups in total. The van der Waals surface area contributed by atoms with Gasteiger partial charge in [0.25, 0.3) is 0 Å². The molecule has 0 atom stereocenters. The molecule has 32 heavy (non-hydrogen) atoms. The normalized spacial score (nSPS) is 26.1. The third-order valence-electron chi connectivity index (χ3n) is 6.54. The van der Waals surface area contributed by atoms with Crippen LogP contribution in [0.2, 0.25) is 19.6 Å². The molecule has 2 fully saturated rings. The quantitative estimate of drug-likeness (QED) is 0.368. The first-order valence-electron chi connectivity index (χ1n) is 11.9. The number of hydrogen-bond donors (Lipinski definition) is 1. The molecule has 5 nitrogen and oxygen atoms in total. The third-order valence-corrected chi connectivity index (χ3v) is 8.43. The highest BCUT2D eigenvalue weighted by Crippen LogP contribution is 2.39. The van der Waals surface area contributed by atoms with Crippen LogP contribution in [0, 0.1) is 23.3 Å². The molecule has 0 radical (unpaired) electrons. The Hall–Kier alpha value is -1.62. The molecule has 1 heterocycles. The number of hydrogen-bond acceptors (Lipinski definition) is 5. The van der Waals surface area contributed by atoms with E-state index in [1.54, 1.807) is 0 Å². The van der Waals surface area contributed by atoms with Gasteiger partial charge >= 0.3 is 5.97 Å². The van der Waals surface area contributed by atoms with Crippen LogP contribution in [-0.2, 0) is 9.53 Å². The molecule has 2 aliphatic carbocycles. The lowest BCUT2D eigenvalue weighted by Crippen LogP contribution is -2.47. The Labute approximate surface area is 197 Å². The molecular formula is C25H37NO4SSi. The number of rotatable bonds is 4. The summed E-state index contributed by atoms with van der Waals surface area (Å²) in [7, 11) is -0.205. The van der Waals surface area contributed by atoms with Gasteiger partial charge in [-0.3, -0.25) is 4.79 Å². The first-order chi connectivity index (χ1) is 15.1. The lowest BCUT2D eigenvalue weighted by Gasteiger charge is -2.38. The minimum absolute atomic E-state index is 0.0129. The predicted octanol–water partition coefficient (Wildman–Crippen LogP) is 5.23. The summed E-state index contributed by atoms with van der Waals surface area (Å²) < 4.78 is 5.08. The second-order valence-electron chi connectivity index (χ2n) is 10.4. The fraction of sp³-hybridized carbons (Fsp3) is 0.680. The summed E-state index contributed by atoms with van der Waals surface area (Å²) in [4.78, 5) is 29.7. The Kier molecular flexibility index (Phi) is 8.24. The first-order valence-corrected chi connectivity index (χ1v) is 16.2. The van der Waals surface area contributed by atoms with Crippen molar-refractivity contribution < 1.29 is 19.4 Å². The molecule has 1 aromatic rings. The van der Waals surface area contributed by atoms with Crippen molar-refractivity contribution >= 4 is 37.0 Å². The summed E-state index contributed by atoms with van der Waals surface area (Å²) in [5.41, 5.74) is 4.01. The average Bonchev–Trinajstić information content (AvgIpc) is 3.17. The van der Waals surface area contributed by atoms with Gasteiger partial charge in [0.1, 0.15) is 13.0 Å². The molecule has 0 bridgehead atoms. The lowest BCUT2D eigenvalue weighted by molar-refractivity contribution is -0.124. The Morgan fingerprint density at radius 1 is 1.09 bits per heavy atom. The predicted molar refractivity (Wildman–Crippen MR) is 133 cm³/mol. The number of thiophene rings is 1. The number of aliphatic hydroxyl groups is 1. The van der Waals surface area contributed by atoms with Gasteiger partial charge in [-0.15, -0.1) is 16.9 Å². The van der Waals surface area contributed by atoms with Crippen LogP contribution in [0.3, 0.4) is 0 Å². The van der Waals surface area contributed by atoms with Gasteiger partial charge in [0, 0.05) is 12.0 Å². The van der Waals surface area contributed by atoms with Gasteiger partial charge < -0.3 is 14.7 Å². The molecule has 176 valence electrons. The molecule has 2 saturated carbocycles. The monoisotopic (exact) mass is 475 g/mol. The minimum atomic E-state index is -1.58. The fourth-order valence-electron chi connectivity index (χ4n) is 4.63. The minimum Gasteiger partial charge on any atom is -0.465 e. The highest BCUT2D eigenvalue weighted by atomic mass is 32.1. The molecular weight excluding hydrogens is 438 g/mol. The maximum absolute atomic E-state index is 13.9.